The number of fused-ring (bicyclic) bond motifs is 1. The Morgan fingerprint density at radius 3 is 2.69 bits per heavy atom. The number of hydrogen-bond acceptors (Lipinski definition) is 4. The molecule has 5 nitrogen and oxygen atoms in total. The van der Waals surface area contributed by atoms with E-state index in [1.165, 1.54) is 10.4 Å². The number of hydrogen-bond donors (Lipinski definition) is 2. The zero-order valence-corrected chi connectivity index (χ0v) is 16.1. The van der Waals surface area contributed by atoms with Crippen LogP contribution in [0.5, 0.6) is 0 Å². The molecule has 0 aliphatic carbocycles. The first kappa shape index (κ1) is 18.6. The van der Waals surface area contributed by atoms with Gasteiger partial charge in [0.05, 0.1) is 6.54 Å². The molecule has 1 aliphatic heterocycles. The maximum Gasteiger partial charge on any atom is 0.234 e. The normalized spacial score (nSPS) is 14.1. The van der Waals surface area contributed by atoms with E-state index in [-0.39, 0.29) is 17.7 Å². The van der Waals surface area contributed by atoms with Gasteiger partial charge in [-0.25, -0.2) is 0 Å². The zero-order valence-electron chi connectivity index (χ0n) is 15.2. The van der Waals surface area contributed by atoms with Crippen molar-refractivity contribution in [1.82, 2.24) is 10.2 Å². The van der Waals surface area contributed by atoms with Crippen molar-refractivity contribution in [2.75, 3.05) is 18.4 Å². The van der Waals surface area contributed by atoms with Crippen LogP contribution in [0.4, 0.5) is 5.69 Å². The largest absolute Gasteiger partial charge is 0.351 e. The standard InChI is InChI=1S/C20H25N3O2S/c1-14(2)20(25)22-17-5-3-15(4-6-17)11-21-19(24)13-23-9-7-18-16(12-23)8-10-26-18/h3-6,8,10,14H,7,9,11-13H2,1-2H3,(H,21,24)(H,22,25). The van der Waals surface area contributed by atoms with Crippen molar-refractivity contribution in [2.24, 2.45) is 5.92 Å². The predicted octanol–water partition coefficient (Wildman–Crippen LogP) is 3.02. The smallest absolute Gasteiger partial charge is 0.234 e. The quantitative estimate of drug-likeness (QED) is 0.821. The van der Waals surface area contributed by atoms with Crippen LogP contribution in [0.15, 0.2) is 35.7 Å². The fraction of sp³-hybridized carbons (Fsp3) is 0.400. The molecule has 138 valence electrons. The van der Waals surface area contributed by atoms with Crippen LogP contribution in [0.1, 0.15) is 29.9 Å². The van der Waals surface area contributed by atoms with Crippen LogP contribution in [-0.2, 0) is 29.1 Å². The van der Waals surface area contributed by atoms with Gasteiger partial charge in [0.25, 0.3) is 0 Å². The number of anilines is 1. The van der Waals surface area contributed by atoms with E-state index in [1.54, 1.807) is 11.3 Å². The summed E-state index contributed by atoms with van der Waals surface area (Å²) in [4.78, 5) is 27.5. The van der Waals surface area contributed by atoms with Crippen molar-refractivity contribution >= 4 is 28.8 Å². The molecule has 26 heavy (non-hydrogen) atoms. The van der Waals surface area contributed by atoms with Crippen molar-refractivity contribution in [2.45, 2.75) is 33.4 Å². The van der Waals surface area contributed by atoms with Gasteiger partial charge in [-0.2, -0.15) is 0 Å². The molecule has 0 radical (unpaired) electrons. The number of benzene rings is 1. The van der Waals surface area contributed by atoms with Crippen LogP contribution >= 0.6 is 11.3 Å². The minimum Gasteiger partial charge on any atom is -0.351 e. The van der Waals surface area contributed by atoms with E-state index < -0.39 is 0 Å². The molecule has 1 aromatic heterocycles. The summed E-state index contributed by atoms with van der Waals surface area (Å²) in [6.07, 6.45) is 1.03. The number of carbonyl (C=O) groups is 2. The third-order valence-corrected chi connectivity index (χ3v) is 5.51. The van der Waals surface area contributed by atoms with Gasteiger partial charge in [-0.05, 0) is 41.1 Å². The summed E-state index contributed by atoms with van der Waals surface area (Å²) >= 11 is 1.81. The summed E-state index contributed by atoms with van der Waals surface area (Å²) in [5.41, 5.74) is 3.14. The van der Waals surface area contributed by atoms with Gasteiger partial charge in [0.1, 0.15) is 0 Å². The summed E-state index contributed by atoms with van der Waals surface area (Å²) in [7, 11) is 0. The van der Waals surface area contributed by atoms with Gasteiger partial charge in [0.2, 0.25) is 11.8 Å². The summed E-state index contributed by atoms with van der Waals surface area (Å²) < 4.78 is 0. The Morgan fingerprint density at radius 2 is 1.96 bits per heavy atom. The van der Waals surface area contributed by atoms with Gasteiger partial charge >= 0.3 is 0 Å². The van der Waals surface area contributed by atoms with Gasteiger partial charge in [-0.3, -0.25) is 14.5 Å². The van der Waals surface area contributed by atoms with Crippen LogP contribution in [0.25, 0.3) is 0 Å². The molecule has 0 fully saturated rings. The average Bonchev–Trinajstić information content (AvgIpc) is 3.09. The van der Waals surface area contributed by atoms with Crippen molar-refractivity contribution in [3.63, 3.8) is 0 Å². The van der Waals surface area contributed by atoms with E-state index in [1.807, 2.05) is 38.1 Å². The zero-order chi connectivity index (χ0) is 18.5. The second-order valence-corrected chi connectivity index (χ2v) is 7.95. The van der Waals surface area contributed by atoms with Gasteiger partial charge in [-0.1, -0.05) is 26.0 Å². The molecule has 2 amide bonds. The molecule has 6 heteroatoms. The molecule has 3 rings (SSSR count). The molecule has 2 heterocycles. The molecule has 1 aliphatic rings. The molecule has 0 atom stereocenters. The minimum absolute atomic E-state index is 0.00126. The molecule has 2 aromatic rings. The average molecular weight is 372 g/mol. The fourth-order valence-electron chi connectivity index (χ4n) is 2.89. The topological polar surface area (TPSA) is 61.4 Å². The molecule has 0 saturated carbocycles. The van der Waals surface area contributed by atoms with Crippen LogP contribution < -0.4 is 10.6 Å². The highest BCUT2D eigenvalue weighted by atomic mass is 32.1. The SMILES string of the molecule is CC(C)C(=O)Nc1ccc(CNC(=O)CN2CCc3sccc3C2)cc1. The third-order valence-electron chi connectivity index (χ3n) is 4.49. The molecular weight excluding hydrogens is 346 g/mol. The second-order valence-electron chi connectivity index (χ2n) is 6.95. The van der Waals surface area contributed by atoms with Crippen molar-refractivity contribution in [3.8, 4) is 0 Å². The van der Waals surface area contributed by atoms with Gasteiger partial charge in [0, 0.05) is 36.1 Å². The Hall–Kier alpha value is -2.18. The third kappa shape index (κ3) is 4.93. The second kappa shape index (κ2) is 8.47. The summed E-state index contributed by atoms with van der Waals surface area (Å²) in [5.74, 6) is -0.00357. The molecular formula is C20H25N3O2S. The van der Waals surface area contributed by atoms with E-state index >= 15 is 0 Å². The first-order valence-corrected chi connectivity index (χ1v) is 9.83. The van der Waals surface area contributed by atoms with E-state index in [4.69, 9.17) is 0 Å². The molecule has 0 unspecified atom stereocenters. The summed E-state index contributed by atoms with van der Waals surface area (Å²) in [6.45, 7) is 6.44. The van der Waals surface area contributed by atoms with E-state index in [9.17, 15) is 9.59 Å². The minimum atomic E-state index is -0.0473. The fourth-order valence-corrected chi connectivity index (χ4v) is 3.78. The van der Waals surface area contributed by atoms with Crippen LogP contribution in [0.3, 0.4) is 0 Å². The predicted molar refractivity (Wildman–Crippen MR) is 105 cm³/mol. The lowest BCUT2D eigenvalue weighted by Gasteiger charge is -2.26. The highest BCUT2D eigenvalue weighted by molar-refractivity contribution is 7.10. The first-order valence-electron chi connectivity index (χ1n) is 8.95. The highest BCUT2D eigenvalue weighted by Crippen LogP contribution is 2.23. The Kier molecular flexibility index (Phi) is 6.06. The van der Waals surface area contributed by atoms with Crippen molar-refractivity contribution < 1.29 is 9.59 Å². The lowest BCUT2D eigenvalue weighted by atomic mass is 10.1. The van der Waals surface area contributed by atoms with Gasteiger partial charge < -0.3 is 10.6 Å². The number of nitrogens with one attached hydrogen (secondary N) is 2. The summed E-state index contributed by atoms with van der Waals surface area (Å²) in [5, 5.41) is 7.97. The Balaban J connectivity index is 1.44. The van der Waals surface area contributed by atoms with Crippen LogP contribution in [-0.4, -0.2) is 29.8 Å². The molecule has 2 N–H and O–H groups in total. The van der Waals surface area contributed by atoms with Crippen LogP contribution in [0.2, 0.25) is 0 Å². The number of amides is 2. The maximum atomic E-state index is 12.2. The lowest BCUT2D eigenvalue weighted by molar-refractivity contribution is -0.122. The highest BCUT2D eigenvalue weighted by Gasteiger charge is 2.19. The van der Waals surface area contributed by atoms with Crippen molar-refractivity contribution in [1.29, 1.82) is 0 Å². The number of rotatable bonds is 6. The van der Waals surface area contributed by atoms with E-state index in [0.29, 0.717) is 13.1 Å². The lowest BCUT2D eigenvalue weighted by Crippen LogP contribution is -2.39. The molecule has 1 aromatic carbocycles. The maximum absolute atomic E-state index is 12.2. The Morgan fingerprint density at radius 1 is 1.19 bits per heavy atom. The molecule has 0 bridgehead atoms. The first-order chi connectivity index (χ1) is 12.5. The Labute approximate surface area is 158 Å². The number of nitrogens with zero attached hydrogens (tertiary/aromatic N) is 1. The monoisotopic (exact) mass is 371 g/mol. The number of carbonyl (C=O) groups excluding carboxylic acids is 2. The molecule has 0 spiro atoms. The van der Waals surface area contributed by atoms with E-state index in [2.05, 4.69) is 27.0 Å². The van der Waals surface area contributed by atoms with Gasteiger partial charge in [0.15, 0.2) is 0 Å². The van der Waals surface area contributed by atoms with Crippen molar-refractivity contribution in [3.05, 3.63) is 51.7 Å². The van der Waals surface area contributed by atoms with E-state index in [0.717, 1.165) is 30.8 Å². The Bertz CT molecular complexity index is 768. The summed E-state index contributed by atoms with van der Waals surface area (Å²) in [6, 6.07) is 9.74. The molecule has 0 saturated heterocycles. The van der Waals surface area contributed by atoms with Gasteiger partial charge in [-0.15, -0.1) is 11.3 Å². The van der Waals surface area contributed by atoms with Crippen LogP contribution in [0, 0.1) is 5.92 Å². The number of thiophene rings is 1.